The molecular formula is C13H28N2O. The second-order valence-corrected chi connectivity index (χ2v) is 5.05. The lowest BCUT2D eigenvalue weighted by molar-refractivity contribution is 0.156. The van der Waals surface area contributed by atoms with Crippen molar-refractivity contribution in [2.24, 2.45) is 5.92 Å². The van der Waals surface area contributed by atoms with E-state index < -0.39 is 0 Å². The van der Waals surface area contributed by atoms with E-state index in [1.54, 1.807) is 7.11 Å². The molecule has 1 rings (SSSR count). The zero-order valence-electron chi connectivity index (χ0n) is 11.2. The third kappa shape index (κ3) is 5.28. The fraction of sp³-hybridized carbons (Fsp3) is 1.00. The van der Waals surface area contributed by atoms with Crippen molar-refractivity contribution in [2.45, 2.75) is 39.2 Å². The van der Waals surface area contributed by atoms with Gasteiger partial charge in [0.25, 0.3) is 0 Å². The van der Waals surface area contributed by atoms with Crippen LogP contribution < -0.4 is 5.32 Å². The van der Waals surface area contributed by atoms with Crippen LogP contribution in [-0.4, -0.2) is 50.8 Å². The van der Waals surface area contributed by atoms with Gasteiger partial charge in [0.2, 0.25) is 0 Å². The molecule has 0 radical (unpaired) electrons. The summed E-state index contributed by atoms with van der Waals surface area (Å²) >= 11 is 0. The number of hydrogen-bond donors (Lipinski definition) is 1. The van der Waals surface area contributed by atoms with Gasteiger partial charge >= 0.3 is 0 Å². The Morgan fingerprint density at radius 1 is 1.38 bits per heavy atom. The summed E-state index contributed by atoms with van der Waals surface area (Å²) in [6, 6.07) is 0.485. The van der Waals surface area contributed by atoms with E-state index in [2.05, 4.69) is 24.1 Å². The van der Waals surface area contributed by atoms with Gasteiger partial charge in [-0.3, -0.25) is 0 Å². The molecule has 0 aliphatic carbocycles. The Morgan fingerprint density at radius 2 is 2.06 bits per heavy atom. The van der Waals surface area contributed by atoms with Crippen LogP contribution in [0.5, 0.6) is 0 Å². The molecule has 1 N–H and O–H groups in total. The van der Waals surface area contributed by atoms with Crippen LogP contribution in [0.15, 0.2) is 0 Å². The van der Waals surface area contributed by atoms with Crippen molar-refractivity contribution in [2.75, 3.05) is 39.9 Å². The number of methoxy groups -OCH3 is 1. The molecule has 0 aromatic rings. The van der Waals surface area contributed by atoms with Crippen LogP contribution in [0.3, 0.4) is 0 Å². The summed E-state index contributed by atoms with van der Waals surface area (Å²) in [7, 11) is 1.77. The fourth-order valence-electron chi connectivity index (χ4n) is 2.41. The first-order valence-electron chi connectivity index (χ1n) is 6.71. The van der Waals surface area contributed by atoms with Crippen molar-refractivity contribution < 1.29 is 4.74 Å². The van der Waals surface area contributed by atoms with Crippen LogP contribution in [0.25, 0.3) is 0 Å². The van der Waals surface area contributed by atoms with Crippen LogP contribution in [0.1, 0.15) is 33.1 Å². The number of rotatable bonds is 7. The van der Waals surface area contributed by atoms with E-state index in [0.29, 0.717) is 6.04 Å². The Labute approximate surface area is 101 Å². The zero-order chi connectivity index (χ0) is 11.8. The van der Waals surface area contributed by atoms with Crippen molar-refractivity contribution in [1.29, 1.82) is 0 Å². The van der Waals surface area contributed by atoms with E-state index in [1.807, 2.05) is 0 Å². The highest BCUT2D eigenvalue weighted by Crippen LogP contribution is 2.16. The van der Waals surface area contributed by atoms with E-state index in [9.17, 15) is 0 Å². The minimum absolute atomic E-state index is 0.485. The maximum absolute atomic E-state index is 5.12. The molecule has 1 aliphatic rings. The predicted molar refractivity (Wildman–Crippen MR) is 68.8 cm³/mol. The average Bonchev–Trinajstić information content (AvgIpc) is 2.29. The van der Waals surface area contributed by atoms with Gasteiger partial charge in [-0.1, -0.05) is 6.92 Å². The monoisotopic (exact) mass is 228 g/mol. The predicted octanol–water partition coefficient (Wildman–Crippen LogP) is 1.73. The topological polar surface area (TPSA) is 24.5 Å². The standard InChI is InChI=1S/C13H28N2O/c1-4-7-15-8-5-13(6-9-15)10-14-12(2)11-16-3/h12-14H,4-11H2,1-3H3. The molecule has 16 heavy (non-hydrogen) atoms. The van der Waals surface area contributed by atoms with E-state index in [0.717, 1.165) is 19.1 Å². The minimum Gasteiger partial charge on any atom is -0.383 e. The summed E-state index contributed by atoms with van der Waals surface area (Å²) in [4.78, 5) is 2.59. The number of nitrogens with one attached hydrogen (secondary N) is 1. The summed E-state index contributed by atoms with van der Waals surface area (Å²) < 4.78 is 5.12. The third-order valence-electron chi connectivity index (χ3n) is 3.42. The smallest absolute Gasteiger partial charge is 0.0613 e. The molecule has 0 spiro atoms. The van der Waals surface area contributed by atoms with Crippen LogP contribution in [0.4, 0.5) is 0 Å². The lowest BCUT2D eigenvalue weighted by atomic mass is 9.96. The van der Waals surface area contributed by atoms with Gasteiger partial charge in [0, 0.05) is 13.2 Å². The first-order valence-corrected chi connectivity index (χ1v) is 6.71. The zero-order valence-corrected chi connectivity index (χ0v) is 11.2. The first-order chi connectivity index (χ1) is 7.76. The Hall–Kier alpha value is -0.120. The van der Waals surface area contributed by atoms with Gasteiger partial charge in [-0.2, -0.15) is 0 Å². The molecule has 1 atom stereocenters. The molecule has 1 aliphatic heterocycles. The highest BCUT2D eigenvalue weighted by molar-refractivity contribution is 4.74. The summed E-state index contributed by atoms with van der Waals surface area (Å²) in [5.74, 6) is 0.868. The molecule has 1 saturated heterocycles. The van der Waals surface area contributed by atoms with Gasteiger partial charge in [-0.05, 0) is 58.3 Å². The van der Waals surface area contributed by atoms with E-state index in [4.69, 9.17) is 4.74 Å². The first kappa shape index (κ1) is 13.9. The SMILES string of the molecule is CCCN1CCC(CNC(C)COC)CC1. The maximum atomic E-state index is 5.12. The van der Waals surface area contributed by atoms with Gasteiger partial charge in [-0.15, -0.1) is 0 Å². The number of ether oxygens (including phenoxy) is 1. The van der Waals surface area contributed by atoms with Gasteiger partial charge in [-0.25, -0.2) is 0 Å². The molecule has 0 bridgehead atoms. The minimum atomic E-state index is 0.485. The normalized spacial score (nSPS) is 21.2. The second-order valence-electron chi connectivity index (χ2n) is 5.05. The summed E-state index contributed by atoms with van der Waals surface area (Å²) in [6.07, 6.45) is 3.99. The lowest BCUT2D eigenvalue weighted by Gasteiger charge is -2.32. The summed E-state index contributed by atoms with van der Waals surface area (Å²) in [6.45, 7) is 10.3. The van der Waals surface area contributed by atoms with Crippen molar-refractivity contribution in [3.05, 3.63) is 0 Å². The Balaban J connectivity index is 2.07. The number of piperidine rings is 1. The Kier molecular flexibility index (Phi) is 7.01. The second kappa shape index (κ2) is 8.04. The number of nitrogens with zero attached hydrogens (tertiary/aromatic N) is 1. The van der Waals surface area contributed by atoms with Crippen molar-refractivity contribution >= 4 is 0 Å². The van der Waals surface area contributed by atoms with Crippen molar-refractivity contribution in [3.63, 3.8) is 0 Å². The molecule has 96 valence electrons. The van der Waals surface area contributed by atoms with Gasteiger partial charge in [0.15, 0.2) is 0 Å². The average molecular weight is 228 g/mol. The molecule has 1 heterocycles. The molecule has 0 saturated carbocycles. The van der Waals surface area contributed by atoms with Crippen LogP contribution in [-0.2, 0) is 4.74 Å². The highest BCUT2D eigenvalue weighted by atomic mass is 16.5. The van der Waals surface area contributed by atoms with E-state index >= 15 is 0 Å². The van der Waals surface area contributed by atoms with E-state index in [1.165, 1.54) is 38.9 Å². The summed E-state index contributed by atoms with van der Waals surface area (Å²) in [5.41, 5.74) is 0. The van der Waals surface area contributed by atoms with E-state index in [-0.39, 0.29) is 0 Å². The Morgan fingerprint density at radius 3 is 2.62 bits per heavy atom. The number of hydrogen-bond acceptors (Lipinski definition) is 3. The number of likely N-dealkylation sites (tertiary alicyclic amines) is 1. The molecule has 0 amide bonds. The summed E-state index contributed by atoms with van der Waals surface area (Å²) in [5, 5.41) is 3.56. The molecular weight excluding hydrogens is 200 g/mol. The molecule has 0 aromatic heterocycles. The van der Waals surface area contributed by atoms with Crippen LogP contribution >= 0.6 is 0 Å². The van der Waals surface area contributed by atoms with Gasteiger partial charge in [0.05, 0.1) is 6.61 Å². The van der Waals surface area contributed by atoms with Gasteiger partial charge < -0.3 is 15.0 Å². The maximum Gasteiger partial charge on any atom is 0.0613 e. The van der Waals surface area contributed by atoms with Gasteiger partial charge in [0.1, 0.15) is 0 Å². The molecule has 1 fully saturated rings. The third-order valence-corrected chi connectivity index (χ3v) is 3.42. The lowest BCUT2D eigenvalue weighted by Crippen LogP contribution is -2.40. The fourth-order valence-corrected chi connectivity index (χ4v) is 2.41. The largest absolute Gasteiger partial charge is 0.383 e. The molecule has 1 unspecified atom stereocenters. The molecule has 0 aromatic carbocycles. The Bertz CT molecular complexity index is 167. The quantitative estimate of drug-likeness (QED) is 0.718. The highest BCUT2D eigenvalue weighted by Gasteiger charge is 2.18. The molecule has 3 heteroatoms. The van der Waals surface area contributed by atoms with Crippen LogP contribution in [0, 0.1) is 5.92 Å². The van der Waals surface area contributed by atoms with Crippen molar-refractivity contribution in [1.82, 2.24) is 10.2 Å². The van der Waals surface area contributed by atoms with Crippen LogP contribution in [0.2, 0.25) is 0 Å². The van der Waals surface area contributed by atoms with Crippen molar-refractivity contribution in [3.8, 4) is 0 Å². The molecule has 3 nitrogen and oxygen atoms in total.